The summed E-state index contributed by atoms with van der Waals surface area (Å²) in [7, 11) is 0. The number of hydrogen-bond acceptors (Lipinski definition) is 2. The second-order valence-corrected chi connectivity index (χ2v) is 7.95. The zero-order valence-corrected chi connectivity index (χ0v) is 17.7. The molecule has 146 valence electrons. The standard InChI is InChI=1S/C24H24BrFO2/c1-3-24(2,19-12-13-22(25)23(26)15-19)17-27-16-18-8-7-11-21(14-18)28-20-9-5-4-6-10-20/h4-15H,3,16-17H2,1-2H3. The Morgan fingerprint density at radius 2 is 1.68 bits per heavy atom. The summed E-state index contributed by atoms with van der Waals surface area (Å²) >= 11 is 3.21. The third-order valence-corrected chi connectivity index (χ3v) is 5.61. The molecule has 3 aromatic carbocycles. The Kier molecular flexibility index (Phi) is 6.87. The lowest BCUT2D eigenvalue weighted by Gasteiger charge is -2.29. The van der Waals surface area contributed by atoms with E-state index in [0.29, 0.717) is 17.7 Å². The van der Waals surface area contributed by atoms with Crippen LogP contribution in [-0.2, 0) is 16.8 Å². The largest absolute Gasteiger partial charge is 0.457 e. The van der Waals surface area contributed by atoms with Gasteiger partial charge >= 0.3 is 0 Å². The van der Waals surface area contributed by atoms with Crippen molar-refractivity contribution in [2.24, 2.45) is 0 Å². The van der Waals surface area contributed by atoms with Crippen LogP contribution in [0.2, 0.25) is 0 Å². The second kappa shape index (κ2) is 9.35. The molecule has 0 amide bonds. The molecular formula is C24H24BrFO2. The number of benzene rings is 3. The van der Waals surface area contributed by atoms with Gasteiger partial charge in [0.1, 0.15) is 17.3 Å². The molecule has 2 nitrogen and oxygen atoms in total. The van der Waals surface area contributed by atoms with Gasteiger partial charge in [-0.3, -0.25) is 0 Å². The molecule has 0 aromatic heterocycles. The lowest BCUT2D eigenvalue weighted by Crippen LogP contribution is -2.27. The number of ether oxygens (including phenoxy) is 2. The molecule has 3 rings (SSSR count). The van der Waals surface area contributed by atoms with Gasteiger partial charge in [-0.15, -0.1) is 0 Å². The molecule has 0 spiro atoms. The molecule has 1 atom stereocenters. The van der Waals surface area contributed by atoms with E-state index in [1.165, 1.54) is 0 Å². The Balaban J connectivity index is 1.63. The van der Waals surface area contributed by atoms with Crippen LogP contribution in [0, 0.1) is 5.82 Å². The summed E-state index contributed by atoms with van der Waals surface area (Å²) in [5.41, 5.74) is 1.73. The summed E-state index contributed by atoms with van der Waals surface area (Å²) in [6.45, 7) is 5.18. The molecule has 1 unspecified atom stereocenters. The van der Waals surface area contributed by atoms with E-state index in [1.54, 1.807) is 12.1 Å². The third-order valence-electron chi connectivity index (χ3n) is 4.96. The van der Waals surface area contributed by atoms with Crippen molar-refractivity contribution in [3.05, 3.63) is 94.2 Å². The van der Waals surface area contributed by atoms with Crippen LogP contribution in [0.5, 0.6) is 11.5 Å². The highest BCUT2D eigenvalue weighted by Gasteiger charge is 2.26. The monoisotopic (exact) mass is 442 g/mol. The van der Waals surface area contributed by atoms with Gasteiger partial charge in [0.05, 0.1) is 17.7 Å². The first kappa shape index (κ1) is 20.6. The summed E-state index contributed by atoms with van der Waals surface area (Å²) in [4.78, 5) is 0. The van der Waals surface area contributed by atoms with Crippen molar-refractivity contribution in [1.82, 2.24) is 0 Å². The molecule has 3 aromatic rings. The van der Waals surface area contributed by atoms with Gasteiger partial charge in [0.25, 0.3) is 0 Å². The van der Waals surface area contributed by atoms with E-state index in [1.807, 2.05) is 60.7 Å². The van der Waals surface area contributed by atoms with Crippen LogP contribution in [0.25, 0.3) is 0 Å². The summed E-state index contributed by atoms with van der Waals surface area (Å²) in [5.74, 6) is 1.33. The van der Waals surface area contributed by atoms with Crippen LogP contribution in [0.15, 0.2) is 77.3 Å². The van der Waals surface area contributed by atoms with Crippen molar-refractivity contribution >= 4 is 15.9 Å². The van der Waals surface area contributed by atoms with Crippen molar-refractivity contribution in [3.63, 3.8) is 0 Å². The fourth-order valence-electron chi connectivity index (χ4n) is 2.98. The SMILES string of the molecule is CCC(C)(COCc1cccc(Oc2ccccc2)c1)c1ccc(Br)c(F)c1. The Hall–Kier alpha value is -2.17. The van der Waals surface area contributed by atoms with Crippen LogP contribution >= 0.6 is 15.9 Å². The molecule has 28 heavy (non-hydrogen) atoms. The summed E-state index contributed by atoms with van der Waals surface area (Å²) in [6.07, 6.45) is 0.852. The summed E-state index contributed by atoms with van der Waals surface area (Å²) in [5, 5.41) is 0. The second-order valence-electron chi connectivity index (χ2n) is 7.10. The fourth-order valence-corrected chi connectivity index (χ4v) is 3.23. The first-order valence-electron chi connectivity index (χ1n) is 9.35. The van der Waals surface area contributed by atoms with Crippen molar-refractivity contribution in [2.75, 3.05) is 6.61 Å². The number of rotatable bonds is 8. The van der Waals surface area contributed by atoms with Gasteiger partial charge in [0, 0.05) is 5.41 Å². The normalized spacial score (nSPS) is 13.1. The Morgan fingerprint density at radius 1 is 0.929 bits per heavy atom. The maximum Gasteiger partial charge on any atom is 0.137 e. The fraction of sp³-hybridized carbons (Fsp3) is 0.250. The van der Waals surface area contributed by atoms with E-state index in [2.05, 4.69) is 29.8 Å². The highest BCUT2D eigenvalue weighted by molar-refractivity contribution is 9.10. The predicted molar refractivity (Wildman–Crippen MR) is 114 cm³/mol. The quantitative estimate of drug-likeness (QED) is 0.365. The minimum absolute atomic E-state index is 0.247. The molecule has 4 heteroatoms. The zero-order chi connectivity index (χ0) is 20.0. The maximum atomic E-state index is 14.0. The number of hydrogen-bond donors (Lipinski definition) is 0. The first-order chi connectivity index (χ1) is 13.5. The van der Waals surface area contributed by atoms with Gasteiger partial charge in [-0.05, 0) is 69.9 Å². The Labute approximate surface area is 174 Å². The van der Waals surface area contributed by atoms with Gasteiger partial charge in [0.2, 0.25) is 0 Å². The van der Waals surface area contributed by atoms with E-state index in [0.717, 1.165) is 29.0 Å². The van der Waals surface area contributed by atoms with Crippen LogP contribution < -0.4 is 4.74 Å². The average molecular weight is 443 g/mol. The molecule has 0 aliphatic heterocycles. The minimum Gasteiger partial charge on any atom is -0.457 e. The molecule has 0 aliphatic rings. The molecule has 0 heterocycles. The molecule has 0 saturated carbocycles. The summed E-state index contributed by atoms with van der Waals surface area (Å²) in [6, 6.07) is 22.9. The molecule has 0 saturated heterocycles. The van der Waals surface area contributed by atoms with Gasteiger partial charge < -0.3 is 9.47 Å². The van der Waals surface area contributed by atoms with Crippen LogP contribution in [0.4, 0.5) is 4.39 Å². The lowest BCUT2D eigenvalue weighted by molar-refractivity contribution is 0.0746. The van der Waals surface area contributed by atoms with Gasteiger partial charge in [-0.2, -0.15) is 0 Å². The van der Waals surface area contributed by atoms with E-state index in [-0.39, 0.29) is 11.2 Å². The van der Waals surface area contributed by atoms with Crippen molar-refractivity contribution < 1.29 is 13.9 Å². The van der Waals surface area contributed by atoms with Gasteiger partial charge in [-0.25, -0.2) is 4.39 Å². The third kappa shape index (κ3) is 5.21. The average Bonchev–Trinajstić information content (AvgIpc) is 2.71. The number of para-hydroxylation sites is 1. The molecule has 0 bridgehead atoms. The van der Waals surface area contributed by atoms with Crippen LogP contribution in [0.3, 0.4) is 0 Å². The van der Waals surface area contributed by atoms with Gasteiger partial charge in [-0.1, -0.05) is 50.2 Å². The van der Waals surface area contributed by atoms with E-state index >= 15 is 0 Å². The molecule has 0 fully saturated rings. The minimum atomic E-state index is -0.250. The smallest absolute Gasteiger partial charge is 0.137 e. The highest BCUT2D eigenvalue weighted by atomic mass is 79.9. The van der Waals surface area contributed by atoms with Crippen molar-refractivity contribution in [1.29, 1.82) is 0 Å². The lowest BCUT2D eigenvalue weighted by atomic mass is 9.81. The van der Waals surface area contributed by atoms with E-state index in [9.17, 15) is 4.39 Å². The highest BCUT2D eigenvalue weighted by Crippen LogP contribution is 2.31. The summed E-state index contributed by atoms with van der Waals surface area (Å²) < 4.78 is 26.3. The molecule has 0 radical (unpaired) electrons. The molecule has 0 aliphatic carbocycles. The van der Waals surface area contributed by atoms with Crippen molar-refractivity contribution in [2.45, 2.75) is 32.3 Å². The van der Waals surface area contributed by atoms with E-state index < -0.39 is 0 Å². The Bertz CT molecular complexity index is 913. The van der Waals surface area contributed by atoms with Crippen LogP contribution in [-0.4, -0.2) is 6.61 Å². The topological polar surface area (TPSA) is 18.5 Å². The molecule has 0 N–H and O–H groups in total. The van der Waals surface area contributed by atoms with Crippen molar-refractivity contribution in [3.8, 4) is 11.5 Å². The predicted octanol–water partition coefficient (Wildman–Crippen LogP) is 7.27. The molecular weight excluding hydrogens is 419 g/mol. The maximum absolute atomic E-state index is 14.0. The number of halogens is 2. The van der Waals surface area contributed by atoms with Gasteiger partial charge in [0.15, 0.2) is 0 Å². The first-order valence-corrected chi connectivity index (χ1v) is 10.1. The Morgan fingerprint density at radius 3 is 2.39 bits per heavy atom. The zero-order valence-electron chi connectivity index (χ0n) is 16.1. The van der Waals surface area contributed by atoms with Crippen LogP contribution in [0.1, 0.15) is 31.4 Å². The van der Waals surface area contributed by atoms with E-state index in [4.69, 9.17) is 9.47 Å².